The second-order valence-electron chi connectivity index (χ2n) is 16.1. The maximum absolute atomic E-state index is 5.44. The second-order valence-corrected chi connectivity index (χ2v) is 16.1. The van der Waals surface area contributed by atoms with E-state index in [0.717, 1.165) is 39.2 Å². The molecule has 1 heterocycles. The molecule has 1 aliphatic rings. The van der Waals surface area contributed by atoms with E-state index in [4.69, 9.17) is 9.97 Å². The first-order valence-electron chi connectivity index (χ1n) is 20.4. The molecule has 10 aromatic rings. The smallest absolute Gasteiger partial charge is 0.160 e. The van der Waals surface area contributed by atoms with Crippen molar-refractivity contribution in [1.82, 2.24) is 9.97 Å². The van der Waals surface area contributed by atoms with E-state index in [0.29, 0.717) is 5.82 Å². The van der Waals surface area contributed by atoms with Crippen molar-refractivity contribution in [2.45, 2.75) is 19.3 Å². The Morgan fingerprint density at radius 1 is 0.322 bits per heavy atom. The molecule has 0 unspecified atom stereocenters. The number of benzene rings is 9. The minimum absolute atomic E-state index is 0.166. The van der Waals surface area contributed by atoms with Crippen molar-refractivity contribution in [2.24, 2.45) is 0 Å². The number of nitrogens with zero attached hydrogens (tertiary/aromatic N) is 2. The van der Waals surface area contributed by atoms with Crippen molar-refractivity contribution in [3.8, 4) is 78.4 Å². The molecule has 0 bridgehead atoms. The molecule has 0 aliphatic heterocycles. The third-order valence-corrected chi connectivity index (χ3v) is 12.3. The van der Waals surface area contributed by atoms with Crippen molar-refractivity contribution >= 4 is 21.5 Å². The average Bonchev–Trinajstić information content (AvgIpc) is 3.53. The van der Waals surface area contributed by atoms with Crippen LogP contribution in [0.3, 0.4) is 0 Å². The molecule has 0 atom stereocenters. The summed E-state index contributed by atoms with van der Waals surface area (Å²) < 4.78 is 0. The Balaban J connectivity index is 1.15. The fourth-order valence-electron chi connectivity index (χ4n) is 9.33. The molecular weight excluding hydrogens is 713 g/mol. The van der Waals surface area contributed by atoms with Crippen LogP contribution < -0.4 is 0 Å². The highest BCUT2D eigenvalue weighted by molar-refractivity contribution is 6.09. The van der Waals surface area contributed by atoms with Gasteiger partial charge in [0.05, 0.1) is 11.4 Å². The van der Waals surface area contributed by atoms with Gasteiger partial charge in [0.2, 0.25) is 0 Å². The molecule has 1 aromatic heterocycles. The third-order valence-electron chi connectivity index (χ3n) is 12.3. The van der Waals surface area contributed by atoms with E-state index < -0.39 is 0 Å². The summed E-state index contributed by atoms with van der Waals surface area (Å²) in [6, 6.07) is 74.3. The van der Waals surface area contributed by atoms with E-state index >= 15 is 0 Å². The molecule has 2 nitrogen and oxygen atoms in total. The summed E-state index contributed by atoms with van der Waals surface area (Å²) >= 11 is 0. The first kappa shape index (κ1) is 34.8. The first-order valence-corrected chi connectivity index (χ1v) is 20.4. The number of rotatable bonds is 6. The highest BCUT2D eigenvalue weighted by Gasteiger charge is 2.37. The topological polar surface area (TPSA) is 25.8 Å². The van der Waals surface area contributed by atoms with Gasteiger partial charge in [-0.2, -0.15) is 0 Å². The lowest BCUT2D eigenvalue weighted by Crippen LogP contribution is -2.14. The lowest BCUT2D eigenvalue weighted by atomic mass is 9.81. The van der Waals surface area contributed by atoms with Crippen LogP contribution >= 0.6 is 0 Å². The number of fused-ring (bicyclic) bond motifs is 5. The van der Waals surface area contributed by atoms with E-state index in [9.17, 15) is 0 Å². The highest BCUT2D eigenvalue weighted by atomic mass is 14.9. The zero-order valence-electron chi connectivity index (χ0n) is 33.0. The third kappa shape index (κ3) is 5.87. The van der Waals surface area contributed by atoms with Crippen LogP contribution in [0.5, 0.6) is 0 Å². The lowest BCUT2D eigenvalue weighted by molar-refractivity contribution is 0.661. The molecule has 0 saturated carbocycles. The number of aromatic nitrogens is 2. The summed E-state index contributed by atoms with van der Waals surface area (Å²) in [6.07, 6.45) is 0. The van der Waals surface area contributed by atoms with Crippen LogP contribution in [0, 0.1) is 0 Å². The molecule has 0 fully saturated rings. The Hall–Kier alpha value is -7.42. The minimum atomic E-state index is -0.166. The monoisotopic (exact) mass is 752 g/mol. The summed E-state index contributed by atoms with van der Waals surface area (Å²) in [7, 11) is 0. The summed E-state index contributed by atoms with van der Waals surface area (Å²) in [6.45, 7) is 4.74. The van der Waals surface area contributed by atoms with E-state index in [-0.39, 0.29) is 5.41 Å². The van der Waals surface area contributed by atoms with Crippen molar-refractivity contribution < 1.29 is 0 Å². The molecule has 0 radical (unpaired) electrons. The van der Waals surface area contributed by atoms with Crippen LogP contribution in [0.15, 0.2) is 206 Å². The van der Waals surface area contributed by atoms with Crippen LogP contribution in [-0.4, -0.2) is 9.97 Å². The molecule has 0 saturated heterocycles. The van der Waals surface area contributed by atoms with Crippen LogP contribution in [0.4, 0.5) is 0 Å². The summed E-state index contributed by atoms with van der Waals surface area (Å²) in [5, 5.41) is 4.92. The SMILES string of the molecule is CC1(C)c2cc3ccccc3cc2-c2c(-c3c(-c4cc(-c5ccccc5-c5ccc(-c6ccccc6)cc5)nc(-c5ccccc5)n4)ccc4ccccc34)cccc21. The van der Waals surface area contributed by atoms with Gasteiger partial charge in [-0.1, -0.05) is 202 Å². The van der Waals surface area contributed by atoms with Gasteiger partial charge >= 0.3 is 0 Å². The van der Waals surface area contributed by atoms with Gasteiger partial charge in [-0.05, 0) is 95.4 Å². The van der Waals surface area contributed by atoms with Gasteiger partial charge in [-0.25, -0.2) is 9.97 Å². The Morgan fingerprint density at radius 2 is 0.881 bits per heavy atom. The van der Waals surface area contributed by atoms with Gasteiger partial charge in [0.15, 0.2) is 5.82 Å². The standard InChI is InChI=1S/C57H40N2/c1-57(2)50-27-15-26-48(55(50)49-34-42-21-9-10-22-43(42)35-51(49)57)54-45-24-12-11-18-39(45)32-33-47(54)53-36-52(58-56(59-53)41-19-7-4-8-20-41)46-25-14-13-23-44(46)40-30-28-38(29-31-40)37-16-5-3-6-17-37/h3-36H,1-2H3. The van der Waals surface area contributed by atoms with Crippen molar-refractivity contribution in [1.29, 1.82) is 0 Å². The molecule has 278 valence electrons. The van der Waals surface area contributed by atoms with E-state index in [1.165, 1.54) is 66.1 Å². The lowest BCUT2D eigenvalue weighted by Gasteiger charge is -2.22. The quantitative estimate of drug-likeness (QED) is 0.169. The van der Waals surface area contributed by atoms with Gasteiger partial charge in [-0.3, -0.25) is 0 Å². The van der Waals surface area contributed by atoms with Crippen molar-refractivity contribution in [2.75, 3.05) is 0 Å². The summed E-state index contributed by atoms with van der Waals surface area (Å²) in [4.78, 5) is 10.8. The average molecular weight is 753 g/mol. The molecule has 11 rings (SSSR count). The molecule has 1 aliphatic carbocycles. The molecule has 2 heteroatoms. The number of hydrogen-bond acceptors (Lipinski definition) is 2. The van der Waals surface area contributed by atoms with Crippen molar-refractivity contribution in [3.63, 3.8) is 0 Å². The Bertz CT molecular complexity index is 3220. The van der Waals surface area contributed by atoms with Gasteiger partial charge in [0.25, 0.3) is 0 Å². The predicted octanol–water partition coefficient (Wildman–Crippen LogP) is 15.1. The van der Waals surface area contributed by atoms with Gasteiger partial charge < -0.3 is 0 Å². The molecule has 0 N–H and O–H groups in total. The van der Waals surface area contributed by atoms with Gasteiger partial charge in [0, 0.05) is 22.1 Å². The fourth-order valence-corrected chi connectivity index (χ4v) is 9.33. The molecule has 59 heavy (non-hydrogen) atoms. The Labute approximate surface area is 345 Å². The second kappa shape index (κ2) is 13.9. The van der Waals surface area contributed by atoms with Crippen LogP contribution in [0.1, 0.15) is 25.0 Å². The van der Waals surface area contributed by atoms with Crippen LogP contribution in [0.25, 0.3) is 100.0 Å². The predicted molar refractivity (Wildman–Crippen MR) is 247 cm³/mol. The normalized spacial score (nSPS) is 12.7. The van der Waals surface area contributed by atoms with Crippen LogP contribution in [-0.2, 0) is 5.41 Å². The Morgan fingerprint density at radius 3 is 1.63 bits per heavy atom. The van der Waals surface area contributed by atoms with E-state index in [2.05, 4.69) is 214 Å². The maximum Gasteiger partial charge on any atom is 0.160 e. The van der Waals surface area contributed by atoms with Crippen molar-refractivity contribution in [3.05, 3.63) is 217 Å². The van der Waals surface area contributed by atoms with E-state index in [1.807, 2.05) is 6.07 Å². The summed E-state index contributed by atoms with van der Waals surface area (Å²) in [5.41, 5.74) is 17.1. The molecule has 0 spiro atoms. The maximum atomic E-state index is 5.44. The summed E-state index contributed by atoms with van der Waals surface area (Å²) in [5.74, 6) is 0.697. The fraction of sp³-hybridized carbons (Fsp3) is 0.0526. The van der Waals surface area contributed by atoms with Crippen LogP contribution in [0.2, 0.25) is 0 Å². The van der Waals surface area contributed by atoms with Gasteiger partial charge in [-0.15, -0.1) is 0 Å². The van der Waals surface area contributed by atoms with E-state index in [1.54, 1.807) is 0 Å². The molecule has 9 aromatic carbocycles. The number of hydrogen-bond donors (Lipinski definition) is 0. The van der Waals surface area contributed by atoms with Gasteiger partial charge in [0.1, 0.15) is 0 Å². The highest BCUT2D eigenvalue weighted by Crippen LogP contribution is 2.55. The Kier molecular flexibility index (Phi) is 8.20. The zero-order valence-corrected chi connectivity index (χ0v) is 33.0. The first-order chi connectivity index (χ1) is 29.0. The molecular formula is C57H40N2. The zero-order chi connectivity index (χ0) is 39.5. The molecule has 0 amide bonds. The largest absolute Gasteiger partial charge is 0.228 e. The minimum Gasteiger partial charge on any atom is -0.228 e.